The van der Waals surface area contributed by atoms with E-state index in [1.165, 1.54) is 12.1 Å². The molecular formula is C15H19ClFNO2. The highest BCUT2D eigenvalue weighted by molar-refractivity contribution is 6.33. The first kappa shape index (κ1) is 15.3. The Morgan fingerprint density at radius 1 is 1.55 bits per heavy atom. The molecule has 0 bridgehead atoms. The highest BCUT2D eigenvalue weighted by Crippen LogP contribution is 2.22. The van der Waals surface area contributed by atoms with Crippen LogP contribution in [0.5, 0.6) is 0 Å². The molecule has 110 valence electrons. The highest BCUT2D eigenvalue weighted by atomic mass is 35.5. The van der Waals surface area contributed by atoms with Crippen molar-refractivity contribution in [2.75, 3.05) is 13.2 Å². The van der Waals surface area contributed by atoms with E-state index in [9.17, 15) is 9.18 Å². The van der Waals surface area contributed by atoms with E-state index in [-0.39, 0.29) is 10.9 Å². The molecule has 1 aliphatic heterocycles. The number of hydrogen-bond donors (Lipinski definition) is 1. The molecule has 1 aliphatic rings. The van der Waals surface area contributed by atoms with Gasteiger partial charge in [0.25, 0.3) is 5.91 Å². The highest BCUT2D eigenvalue weighted by Gasteiger charge is 2.19. The van der Waals surface area contributed by atoms with Crippen LogP contribution in [0, 0.1) is 11.7 Å². The fraction of sp³-hybridized carbons (Fsp3) is 0.533. The summed E-state index contributed by atoms with van der Waals surface area (Å²) in [6.07, 6.45) is 3.30. The van der Waals surface area contributed by atoms with E-state index < -0.39 is 5.82 Å². The normalized spacial score (nSPS) is 22.6. The maximum atomic E-state index is 12.9. The molecule has 5 heteroatoms. The largest absolute Gasteiger partial charge is 0.378 e. The average molecular weight is 300 g/mol. The molecule has 0 spiro atoms. The molecule has 1 aromatic carbocycles. The van der Waals surface area contributed by atoms with Crippen molar-refractivity contribution in [3.63, 3.8) is 0 Å². The zero-order chi connectivity index (χ0) is 14.5. The van der Waals surface area contributed by atoms with Crippen molar-refractivity contribution in [3.8, 4) is 0 Å². The second-order valence-electron chi connectivity index (χ2n) is 5.24. The van der Waals surface area contributed by atoms with E-state index in [0.29, 0.717) is 24.1 Å². The minimum atomic E-state index is -0.442. The van der Waals surface area contributed by atoms with Gasteiger partial charge in [0.15, 0.2) is 0 Å². The first-order chi connectivity index (χ1) is 9.56. The van der Waals surface area contributed by atoms with Gasteiger partial charge in [-0.3, -0.25) is 4.79 Å². The van der Waals surface area contributed by atoms with E-state index in [2.05, 4.69) is 12.2 Å². The van der Waals surface area contributed by atoms with E-state index in [1.807, 2.05) is 0 Å². The number of rotatable bonds is 4. The lowest BCUT2D eigenvalue weighted by Crippen LogP contribution is -2.29. The van der Waals surface area contributed by atoms with Crippen molar-refractivity contribution in [1.29, 1.82) is 0 Å². The first-order valence-corrected chi connectivity index (χ1v) is 7.29. The van der Waals surface area contributed by atoms with Crippen molar-refractivity contribution in [3.05, 3.63) is 34.6 Å². The first-order valence-electron chi connectivity index (χ1n) is 6.91. The summed E-state index contributed by atoms with van der Waals surface area (Å²) in [6.45, 7) is 3.47. The molecule has 0 radical (unpaired) electrons. The fourth-order valence-electron chi connectivity index (χ4n) is 2.51. The molecule has 0 saturated carbocycles. The Hall–Kier alpha value is -1.13. The monoisotopic (exact) mass is 299 g/mol. The van der Waals surface area contributed by atoms with Crippen LogP contribution in [0.15, 0.2) is 18.2 Å². The standard InChI is InChI=1S/C15H19ClFNO2/c1-10-8-11(5-7-20-10)4-6-18-15(19)13-3-2-12(17)9-14(13)16/h2-3,9-11H,4-8H2,1H3,(H,18,19)/t10-,11-/m1/s1. The Bertz CT molecular complexity index is 481. The minimum Gasteiger partial charge on any atom is -0.378 e. The molecule has 0 unspecified atom stereocenters. The fourth-order valence-corrected chi connectivity index (χ4v) is 2.77. The molecule has 1 amide bonds. The molecule has 20 heavy (non-hydrogen) atoms. The lowest BCUT2D eigenvalue weighted by Gasteiger charge is -2.27. The van der Waals surface area contributed by atoms with Gasteiger partial charge in [-0.25, -0.2) is 4.39 Å². The van der Waals surface area contributed by atoms with Crippen LogP contribution in [0.4, 0.5) is 4.39 Å². The molecule has 2 rings (SSSR count). The molecule has 1 aromatic rings. The SMILES string of the molecule is C[C@@H]1C[C@H](CCNC(=O)c2ccc(F)cc2Cl)CCO1. The number of carbonyl (C=O) groups is 1. The lowest BCUT2D eigenvalue weighted by atomic mass is 9.93. The van der Waals surface area contributed by atoms with Gasteiger partial charge >= 0.3 is 0 Å². The van der Waals surface area contributed by atoms with Crippen molar-refractivity contribution in [2.45, 2.75) is 32.3 Å². The predicted molar refractivity (Wildman–Crippen MR) is 76.5 cm³/mol. The maximum absolute atomic E-state index is 12.9. The third-order valence-electron chi connectivity index (χ3n) is 3.61. The second kappa shape index (κ2) is 7.04. The molecule has 1 fully saturated rings. The molecular weight excluding hydrogens is 281 g/mol. The van der Waals surface area contributed by atoms with Gasteiger partial charge in [0.1, 0.15) is 5.82 Å². The van der Waals surface area contributed by atoms with Crippen molar-refractivity contribution in [1.82, 2.24) is 5.32 Å². The van der Waals surface area contributed by atoms with Crippen LogP contribution in [0.1, 0.15) is 36.5 Å². The van der Waals surface area contributed by atoms with Crippen LogP contribution in [-0.4, -0.2) is 25.2 Å². The van der Waals surface area contributed by atoms with Crippen LogP contribution in [0.3, 0.4) is 0 Å². The van der Waals surface area contributed by atoms with Gasteiger partial charge in [0.05, 0.1) is 16.7 Å². The second-order valence-corrected chi connectivity index (χ2v) is 5.65. The third kappa shape index (κ3) is 4.18. The number of amides is 1. The van der Waals surface area contributed by atoms with Gasteiger partial charge in [-0.1, -0.05) is 11.6 Å². The van der Waals surface area contributed by atoms with Crippen LogP contribution in [0.2, 0.25) is 5.02 Å². The summed E-state index contributed by atoms with van der Waals surface area (Å²) in [4.78, 5) is 11.9. The van der Waals surface area contributed by atoms with Gasteiger partial charge in [0.2, 0.25) is 0 Å². The van der Waals surface area contributed by atoms with Crippen molar-refractivity contribution >= 4 is 17.5 Å². The number of benzene rings is 1. The Kier molecular flexibility index (Phi) is 5.38. The molecule has 0 aromatic heterocycles. The average Bonchev–Trinajstić information content (AvgIpc) is 2.38. The molecule has 1 N–H and O–H groups in total. The van der Waals surface area contributed by atoms with E-state index in [4.69, 9.17) is 16.3 Å². The molecule has 0 aliphatic carbocycles. The minimum absolute atomic E-state index is 0.141. The van der Waals surface area contributed by atoms with Crippen molar-refractivity contribution in [2.24, 2.45) is 5.92 Å². The summed E-state index contributed by atoms with van der Waals surface area (Å²) in [6, 6.07) is 3.79. The Morgan fingerprint density at radius 3 is 3.05 bits per heavy atom. The molecule has 1 heterocycles. The summed E-state index contributed by atoms with van der Waals surface area (Å²) in [5.74, 6) is -0.111. The van der Waals surface area contributed by atoms with Crippen LogP contribution < -0.4 is 5.32 Å². The number of hydrogen-bond acceptors (Lipinski definition) is 2. The zero-order valence-electron chi connectivity index (χ0n) is 11.5. The van der Waals surface area contributed by atoms with Gasteiger partial charge in [-0.2, -0.15) is 0 Å². The summed E-state index contributed by atoms with van der Waals surface area (Å²) in [5.41, 5.74) is 0.313. The number of halogens is 2. The summed E-state index contributed by atoms with van der Waals surface area (Å²) >= 11 is 5.85. The predicted octanol–water partition coefficient (Wildman–Crippen LogP) is 3.41. The van der Waals surface area contributed by atoms with E-state index in [0.717, 1.165) is 31.9 Å². The van der Waals surface area contributed by atoms with Crippen molar-refractivity contribution < 1.29 is 13.9 Å². The number of carbonyl (C=O) groups excluding carboxylic acids is 1. The summed E-state index contributed by atoms with van der Waals surface area (Å²) < 4.78 is 18.4. The van der Waals surface area contributed by atoms with Gasteiger partial charge < -0.3 is 10.1 Å². The molecule has 2 atom stereocenters. The third-order valence-corrected chi connectivity index (χ3v) is 3.92. The smallest absolute Gasteiger partial charge is 0.252 e. The summed E-state index contributed by atoms with van der Waals surface area (Å²) in [7, 11) is 0. The molecule has 1 saturated heterocycles. The Balaban J connectivity index is 1.80. The van der Waals surface area contributed by atoms with E-state index >= 15 is 0 Å². The Labute approximate surface area is 123 Å². The molecule has 3 nitrogen and oxygen atoms in total. The zero-order valence-corrected chi connectivity index (χ0v) is 12.3. The Morgan fingerprint density at radius 2 is 2.35 bits per heavy atom. The lowest BCUT2D eigenvalue weighted by molar-refractivity contribution is 0.00109. The number of nitrogens with one attached hydrogen (secondary N) is 1. The summed E-state index contributed by atoms with van der Waals surface area (Å²) in [5, 5.41) is 2.98. The topological polar surface area (TPSA) is 38.3 Å². The van der Waals surface area contributed by atoms with E-state index in [1.54, 1.807) is 0 Å². The van der Waals surface area contributed by atoms with Gasteiger partial charge in [-0.15, -0.1) is 0 Å². The number of ether oxygens (including phenoxy) is 1. The van der Waals surface area contributed by atoms with Crippen LogP contribution in [-0.2, 0) is 4.74 Å². The van der Waals surface area contributed by atoms with Crippen LogP contribution in [0.25, 0.3) is 0 Å². The van der Waals surface area contributed by atoms with Gasteiger partial charge in [-0.05, 0) is 50.3 Å². The van der Waals surface area contributed by atoms with Gasteiger partial charge in [0, 0.05) is 13.2 Å². The quantitative estimate of drug-likeness (QED) is 0.925. The van der Waals surface area contributed by atoms with Crippen LogP contribution >= 0.6 is 11.6 Å². The maximum Gasteiger partial charge on any atom is 0.252 e.